The largest absolute Gasteiger partial charge is 0.491 e. The molecule has 1 aromatic rings. The summed E-state index contributed by atoms with van der Waals surface area (Å²) in [6.45, 7) is 2.38. The lowest BCUT2D eigenvalue weighted by Gasteiger charge is -2.22. The summed E-state index contributed by atoms with van der Waals surface area (Å²) in [6, 6.07) is 3.06. The Kier molecular flexibility index (Phi) is 4.47. The third kappa shape index (κ3) is 3.10. The van der Waals surface area contributed by atoms with Crippen LogP contribution in [0.5, 0.6) is 5.75 Å². The number of ether oxygens (including phenoxy) is 1. The van der Waals surface area contributed by atoms with Gasteiger partial charge in [0.25, 0.3) is 0 Å². The number of nitrogens with two attached hydrogens (primary N) is 1. The first-order chi connectivity index (χ1) is 9.15. The number of nitrogen functional groups attached to an aromatic ring is 1. The molecule has 1 saturated carbocycles. The molecule has 1 aliphatic rings. The standard InChI is InChI=1S/C14H21FN2O2/c1-2-19-14-7-13(11(16)6-10(14)15)17-12-5-3-4-9(12)8-18/h6-7,9,12,17-18H,2-5,8,16H2,1H3. The molecule has 4 N–H and O–H groups in total. The number of rotatable bonds is 5. The molecule has 0 aliphatic heterocycles. The van der Waals surface area contributed by atoms with Crippen LogP contribution < -0.4 is 15.8 Å². The Morgan fingerprint density at radius 2 is 2.26 bits per heavy atom. The van der Waals surface area contributed by atoms with E-state index < -0.39 is 5.82 Å². The lowest BCUT2D eigenvalue weighted by atomic mass is 10.0. The highest BCUT2D eigenvalue weighted by atomic mass is 19.1. The molecule has 1 aliphatic carbocycles. The van der Waals surface area contributed by atoms with E-state index in [9.17, 15) is 9.50 Å². The van der Waals surface area contributed by atoms with E-state index in [-0.39, 0.29) is 24.3 Å². The van der Waals surface area contributed by atoms with Gasteiger partial charge in [-0.15, -0.1) is 0 Å². The zero-order chi connectivity index (χ0) is 13.8. The van der Waals surface area contributed by atoms with Crippen LogP contribution in [0.25, 0.3) is 0 Å². The van der Waals surface area contributed by atoms with Gasteiger partial charge in [-0.1, -0.05) is 6.42 Å². The van der Waals surface area contributed by atoms with Crippen LogP contribution in [0.2, 0.25) is 0 Å². The van der Waals surface area contributed by atoms with Gasteiger partial charge in [0.15, 0.2) is 11.6 Å². The van der Waals surface area contributed by atoms with Gasteiger partial charge in [0, 0.05) is 30.7 Å². The molecule has 1 fully saturated rings. The Hall–Kier alpha value is -1.49. The molecule has 106 valence electrons. The highest BCUT2D eigenvalue weighted by molar-refractivity contribution is 5.69. The van der Waals surface area contributed by atoms with Crippen molar-refractivity contribution in [3.8, 4) is 5.75 Å². The van der Waals surface area contributed by atoms with E-state index >= 15 is 0 Å². The van der Waals surface area contributed by atoms with Gasteiger partial charge in [0.2, 0.25) is 0 Å². The zero-order valence-corrected chi connectivity index (χ0v) is 11.2. The van der Waals surface area contributed by atoms with E-state index in [1.165, 1.54) is 6.07 Å². The fourth-order valence-electron chi connectivity index (χ4n) is 2.61. The second kappa shape index (κ2) is 6.10. The van der Waals surface area contributed by atoms with Gasteiger partial charge in [-0.05, 0) is 19.8 Å². The monoisotopic (exact) mass is 268 g/mol. The first kappa shape index (κ1) is 13.9. The molecule has 1 aromatic carbocycles. The molecule has 4 nitrogen and oxygen atoms in total. The average molecular weight is 268 g/mol. The summed E-state index contributed by atoms with van der Waals surface area (Å²) in [5, 5.41) is 12.6. The number of nitrogens with one attached hydrogen (secondary N) is 1. The van der Waals surface area contributed by atoms with Crippen molar-refractivity contribution in [2.75, 3.05) is 24.3 Å². The van der Waals surface area contributed by atoms with Gasteiger partial charge >= 0.3 is 0 Å². The van der Waals surface area contributed by atoms with Crippen molar-refractivity contribution in [1.82, 2.24) is 0 Å². The third-order valence-electron chi connectivity index (χ3n) is 3.64. The highest BCUT2D eigenvalue weighted by Crippen LogP contribution is 2.33. The maximum absolute atomic E-state index is 13.6. The molecule has 0 radical (unpaired) electrons. The number of aliphatic hydroxyl groups excluding tert-OH is 1. The molecular formula is C14H21FN2O2. The number of aliphatic hydroxyl groups is 1. The molecule has 0 aromatic heterocycles. The molecule has 5 heteroatoms. The molecule has 0 bridgehead atoms. The van der Waals surface area contributed by atoms with E-state index in [2.05, 4.69) is 5.32 Å². The van der Waals surface area contributed by atoms with Crippen molar-refractivity contribution in [3.63, 3.8) is 0 Å². The third-order valence-corrected chi connectivity index (χ3v) is 3.64. The zero-order valence-electron chi connectivity index (χ0n) is 11.2. The molecule has 2 atom stereocenters. The molecule has 19 heavy (non-hydrogen) atoms. The SMILES string of the molecule is CCOc1cc(NC2CCCC2CO)c(N)cc1F. The van der Waals surface area contributed by atoms with Gasteiger partial charge in [-0.2, -0.15) is 0 Å². The van der Waals surface area contributed by atoms with Crippen LogP contribution >= 0.6 is 0 Å². The van der Waals surface area contributed by atoms with E-state index in [0.29, 0.717) is 18.0 Å². The number of benzene rings is 1. The van der Waals surface area contributed by atoms with Gasteiger partial charge in [-0.3, -0.25) is 0 Å². The molecule has 0 heterocycles. The number of hydrogen-bond acceptors (Lipinski definition) is 4. The second-order valence-corrected chi connectivity index (χ2v) is 4.93. The molecule has 0 saturated heterocycles. The Morgan fingerprint density at radius 1 is 1.47 bits per heavy atom. The fraction of sp³-hybridized carbons (Fsp3) is 0.571. The lowest BCUT2D eigenvalue weighted by Crippen LogP contribution is -2.26. The van der Waals surface area contributed by atoms with Crippen molar-refractivity contribution >= 4 is 11.4 Å². The van der Waals surface area contributed by atoms with Crippen LogP contribution in [0.1, 0.15) is 26.2 Å². The van der Waals surface area contributed by atoms with E-state index in [1.807, 2.05) is 6.92 Å². The molecule has 0 amide bonds. The average Bonchev–Trinajstić information content (AvgIpc) is 2.82. The van der Waals surface area contributed by atoms with Crippen LogP contribution in [-0.2, 0) is 0 Å². The summed E-state index contributed by atoms with van der Waals surface area (Å²) in [4.78, 5) is 0. The van der Waals surface area contributed by atoms with Crippen molar-refractivity contribution in [2.24, 2.45) is 5.92 Å². The van der Waals surface area contributed by atoms with Crippen LogP contribution in [0.3, 0.4) is 0 Å². The predicted octanol–water partition coefficient (Wildman–Crippen LogP) is 2.38. The molecule has 0 spiro atoms. The Labute approximate surface area is 112 Å². The minimum Gasteiger partial charge on any atom is -0.491 e. The lowest BCUT2D eigenvalue weighted by molar-refractivity contribution is 0.222. The number of anilines is 2. The highest BCUT2D eigenvalue weighted by Gasteiger charge is 2.27. The molecular weight excluding hydrogens is 247 g/mol. The summed E-state index contributed by atoms with van der Waals surface area (Å²) >= 11 is 0. The first-order valence-electron chi connectivity index (χ1n) is 6.75. The smallest absolute Gasteiger partial charge is 0.167 e. The van der Waals surface area contributed by atoms with Gasteiger partial charge in [0.05, 0.1) is 18.0 Å². The summed E-state index contributed by atoms with van der Waals surface area (Å²) in [6.07, 6.45) is 3.09. The van der Waals surface area contributed by atoms with Crippen LogP contribution in [-0.4, -0.2) is 24.4 Å². The van der Waals surface area contributed by atoms with Crippen molar-refractivity contribution < 1.29 is 14.2 Å². The van der Waals surface area contributed by atoms with Gasteiger partial charge in [0.1, 0.15) is 0 Å². The minimum atomic E-state index is -0.449. The second-order valence-electron chi connectivity index (χ2n) is 4.93. The van der Waals surface area contributed by atoms with Crippen LogP contribution in [0, 0.1) is 11.7 Å². The minimum absolute atomic E-state index is 0.164. The molecule has 2 rings (SSSR count). The van der Waals surface area contributed by atoms with Crippen molar-refractivity contribution in [2.45, 2.75) is 32.2 Å². The van der Waals surface area contributed by atoms with Crippen LogP contribution in [0.15, 0.2) is 12.1 Å². The number of hydrogen-bond donors (Lipinski definition) is 3. The Balaban J connectivity index is 2.17. The Morgan fingerprint density at radius 3 is 2.95 bits per heavy atom. The van der Waals surface area contributed by atoms with E-state index in [4.69, 9.17) is 10.5 Å². The van der Waals surface area contributed by atoms with Crippen molar-refractivity contribution in [1.29, 1.82) is 0 Å². The number of halogens is 1. The normalized spacial score (nSPS) is 22.5. The Bertz CT molecular complexity index is 440. The maximum Gasteiger partial charge on any atom is 0.167 e. The van der Waals surface area contributed by atoms with Crippen LogP contribution in [0.4, 0.5) is 15.8 Å². The summed E-state index contributed by atoms with van der Waals surface area (Å²) in [5.41, 5.74) is 6.87. The molecule has 2 unspecified atom stereocenters. The predicted molar refractivity (Wildman–Crippen MR) is 73.8 cm³/mol. The van der Waals surface area contributed by atoms with E-state index in [0.717, 1.165) is 19.3 Å². The summed E-state index contributed by atoms with van der Waals surface area (Å²) in [7, 11) is 0. The first-order valence-corrected chi connectivity index (χ1v) is 6.75. The maximum atomic E-state index is 13.6. The quantitative estimate of drug-likeness (QED) is 0.717. The van der Waals surface area contributed by atoms with Crippen molar-refractivity contribution in [3.05, 3.63) is 17.9 Å². The van der Waals surface area contributed by atoms with Gasteiger partial charge < -0.3 is 20.9 Å². The summed E-state index contributed by atoms with van der Waals surface area (Å²) < 4.78 is 18.8. The van der Waals surface area contributed by atoms with E-state index in [1.54, 1.807) is 6.07 Å². The topological polar surface area (TPSA) is 67.5 Å². The summed E-state index contributed by atoms with van der Waals surface area (Å²) in [5.74, 6) is -0.00669. The fourth-order valence-corrected chi connectivity index (χ4v) is 2.61. The van der Waals surface area contributed by atoms with Gasteiger partial charge in [-0.25, -0.2) is 4.39 Å².